The Hall–Kier alpha value is -2.40. The third kappa shape index (κ3) is 3.08. The van der Waals surface area contributed by atoms with Crippen LogP contribution in [0.5, 0.6) is 0 Å². The van der Waals surface area contributed by atoms with Gasteiger partial charge in [0, 0.05) is 19.3 Å². The summed E-state index contributed by atoms with van der Waals surface area (Å²) in [5.74, 6) is 0.0439. The zero-order valence-corrected chi connectivity index (χ0v) is 10.5. The first-order chi connectivity index (χ1) is 9.10. The van der Waals surface area contributed by atoms with Crippen molar-refractivity contribution in [3.05, 3.63) is 39.2 Å². The van der Waals surface area contributed by atoms with Crippen LogP contribution in [0.4, 0.5) is 0 Å². The molecule has 0 aromatic carbocycles. The van der Waals surface area contributed by atoms with Crippen molar-refractivity contribution < 1.29 is 5.03 Å². The standard InChI is InChI=1S/C10H9ClN6O2/c11-9-2-1-8(5-13-9)6-15-3-4-16(7-12)10(15)14-17(18)19/h1-2,5H,3-4,6H2/b14-10-. The van der Waals surface area contributed by atoms with Gasteiger partial charge < -0.3 is 4.90 Å². The van der Waals surface area contributed by atoms with Crippen LogP contribution in [-0.2, 0) is 6.54 Å². The quantitative estimate of drug-likeness (QED) is 0.353. The lowest BCUT2D eigenvalue weighted by Gasteiger charge is -2.16. The van der Waals surface area contributed by atoms with Crippen LogP contribution >= 0.6 is 11.6 Å². The molecule has 2 rings (SSSR count). The molecule has 1 fully saturated rings. The number of hydrogen-bond donors (Lipinski definition) is 0. The molecule has 2 heterocycles. The molecule has 0 spiro atoms. The predicted octanol–water partition coefficient (Wildman–Crippen LogP) is 0.881. The molecule has 19 heavy (non-hydrogen) atoms. The number of nitro groups is 1. The monoisotopic (exact) mass is 280 g/mol. The molecule has 0 unspecified atom stereocenters. The highest BCUT2D eigenvalue weighted by molar-refractivity contribution is 6.29. The first kappa shape index (κ1) is 13.0. The third-order valence-electron chi connectivity index (χ3n) is 2.57. The van der Waals surface area contributed by atoms with Crippen molar-refractivity contribution in [2.75, 3.05) is 13.1 Å². The van der Waals surface area contributed by atoms with Crippen molar-refractivity contribution in [3.63, 3.8) is 0 Å². The van der Waals surface area contributed by atoms with Gasteiger partial charge in [-0.05, 0) is 11.6 Å². The van der Waals surface area contributed by atoms with E-state index in [1.807, 2.05) is 6.19 Å². The molecule has 9 heteroatoms. The summed E-state index contributed by atoms with van der Waals surface area (Å²) in [4.78, 5) is 17.3. The number of rotatable bonds is 3. The molecular weight excluding hydrogens is 272 g/mol. The van der Waals surface area contributed by atoms with Crippen LogP contribution in [-0.4, -0.2) is 38.9 Å². The average molecular weight is 281 g/mol. The lowest BCUT2D eigenvalue weighted by Crippen LogP contribution is -2.31. The Labute approximate surface area is 113 Å². The summed E-state index contributed by atoms with van der Waals surface area (Å²) in [5.41, 5.74) is 0.834. The van der Waals surface area contributed by atoms with E-state index in [0.717, 1.165) is 5.56 Å². The molecule has 0 atom stereocenters. The number of hydrazone groups is 1. The summed E-state index contributed by atoms with van der Waals surface area (Å²) in [6.07, 6.45) is 3.45. The van der Waals surface area contributed by atoms with E-state index >= 15 is 0 Å². The summed E-state index contributed by atoms with van der Waals surface area (Å²) in [7, 11) is 0. The topological polar surface area (TPSA) is 98.7 Å². The molecule has 1 aromatic rings. The fourth-order valence-corrected chi connectivity index (χ4v) is 1.86. The first-order valence-corrected chi connectivity index (χ1v) is 5.73. The summed E-state index contributed by atoms with van der Waals surface area (Å²) < 4.78 is 0. The normalized spacial score (nSPS) is 16.7. The molecule has 98 valence electrons. The third-order valence-corrected chi connectivity index (χ3v) is 2.80. The lowest BCUT2D eigenvalue weighted by molar-refractivity contribution is -0.486. The van der Waals surface area contributed by atoms with Crippen LogP contribution in [0.1, 0.15) is 5.56 Å². The van der Waals surface area contributed by atoms with E-state index in [0.29, 0.717) is 24.8 Å². The Kier molecular flexibility index (Phi) is 3.77. The van der Waals surface area contributed by atoms with E-state index in [9.17, 15) is 10.1 Å². The van der Waals surface area contributed by atoms with E-state index in [-0.39, 0.29) is 5.96 Å². The van der Waals surface area contributed by atoms with Gasteiger partial charge >= 0.3 is 0 Å². The maximum atomic E-state index is 10.5. The molecule has 1 saturated heterocycles. The Balaban J connectivity index is 2.17. The summed E-state index contributed by atoms with van der Waals surface area (Å²) in [6.45, 7) is 1.25. The second kappa shape index (κ2) is 5.49. The van der Waals surface area contributed by atoms with E-state index in [1.54, 1.807) is 23.2 Å². The van der Waals surface area contributed by atoms with Crippen LogP contribution in [0.25, 0.3) is 0 Å². The molecule has 1 aliphatic heterocycles. The summed E-state index contributed by atoms with van der Waals surface area (Å²) >= 11 is 5.68. The van der Waals surface area contributed by atoms with Gasteiger partial charge in [-0.15, -0.1) is 0 Å². The van der Waals surface area contributed by atoms with E-state index in [2.05, 4.69) is 10.1 Å². The highest BCUT2D eigenvalue weighted by atomic mass is 35.5. The van der Waals surface area contributed by atoms with Crippen LogP contribution in [0.2, 0.25) is 5.15 Å². The Morgan fingerprint density at radius 3 is 2.95 bits per heavy atom. The molecular formula is C10H9ClN6O2. The fraction of sp³-hybridized carbons (Fsp3) is 0.300. The van der Waals surface area contributed by atoms with Gasteiger partial charge in [0.25, 0.3) is 5.96 Å². The number of halogens is 1. The molecule has 0 N–H and O–H groups in total. The molecule has 1 aliphatic rings. The Bertz CT molecular complexity index is 552. The molecule has 0 aliphatic carbocycles. The van der Waals surface area contributed by atoms with Crippen LogP contribution in [0.3, 0.4) is 0 Å². The minimum absolute atomic E-state index is 0.0439. The van der Waals surface area contributed by atoms with E-state index in [1.165, 1.54) is 4.90 Å². The number of pyridine rings is 1. The van der Waals surface area contributed by atoms with E-state index < -0.39 is 5.03 Å². The van der Waals surface area contributed by atoms with Crippen LogP contribution < -0.4 is 0 Å². The van der Waals surface area contributed by atoms with Gasteiger partial charge in [-0.2, -0.15) is 5.26 Å². The molecule has 1 aromatic heterocycles. The molecule has 0 bridgehead atoms. The van der Waals surface area contributed by atoms with Gasteiger partial charge in [-0.3, -0.25) is 0 Å². The molecule has 0 amide bonds. The number of aromatic nitrogens is 1. The number of guanidine groups is 1. The Morgan fingerprint density at radius 1 is 1.58 bits per heavy atom. The molecule has 0 saturated carbocycles. The van der Waals surface area contributed by atoms with Crippen molar-refractivity contribution in [1.82, 2.24) is 14.8 Å². The smallest absolute Gasteiger partial charge is 0.287 e. The van der Waals surface area contributed by atoms with E-state index in [4.69, 9.17) is 16.9 Å². The maximum absolute atomic E-state index is 10.5. The largest absolute Gasteiger partial charge is 0.331 e. The number of hydrogen-bond acceptors (Lipinski definition) is 4. The van der Waals surface area contributed by atoms with Crippen LogP contribution in [0, 0.1) is 21.6 Å². The van der Waals surface area contributed by atoms with Crippen molar-refractivity contribution in [1.29, 1.82) is 5.26 Å². The number of nitrogens with zero attached hydrogens (tertiary/aromatic N) is 6. The predicted molar refractivity (Wildman–Crippen MR) is 66.4 cm³/mol. The fourth-order valence-electron chi connectivity index (χ4n) is 1.75. The first-order valence-electron chi connectivity index (χ1n) is 5.36. The van der Waals surface area contributed by atoms with Gasteiger partial charge in [0.1, 0.15) is 10.3 Å². The highest BCUT2D eigenvalue weighted by Crippen LogP contribution is 2.14. The van der Waals surface area contributed by atoms with Crippen molar-refractivity contribution in [2.24, 2.45) is 5.10 Å². The average Bonchev–Trinajstić information content (AvgIpc) is 2.74. The summed E-state index contributed by atoms with van der Waals surface area (Å²) in [5, 5.41) is 22.2. The molecule has 0 radical (unpaired) electrons. The van der Waals surface area contributed by atoms with Gasteiger partial charge in [0.2, 0.25) is 0 Å². The van der Waals surface area contributed by atoms with Crippen molar-refractivity contribution in [3.8, 4) is 6.19 Å². The van der Waals surface area contributed by atoms with Crippen molar-refractivity contribution >= 4 is 17.6 Å². The zero-order valence-electron chi connectivity index (χ0n) is 9.73. The SMILES string of the molecule is N#CN1CCN(Cc2ccc(Cl)nc2)/C1=N/[N+](=O)[O-]. The second-order valence-corrected chi connectivity index (χ2v) is 4.19. The zero-order chi connectivity index (χ0) is 13.8. The Morgan fingerprint density at radius 2 is 2.37 bits per heavy atom. The second-order valence-electron chi connectivity index (χ2n) is 3.80. The van der Waals surface area contributed by atoms with Gasteiger partial charge in [0.15, 0.2) is 11.2 Å². The summed E-state index contributed by atoms with van der Waals surface area (Å²) in [6, 6.07) is 3.41. The van der Waals surface area contributed by atoms with Gasteiger partial charge in [0.05, 0.1) is 6.54 Å². The number of nitriles is 1. The van der Waals surface area contributed by atoms with Gasteiger partial charge in [-0.1, -0.05) is 17.7 Å². The lowest BCUT2D eigenvalue weighted by atomic mass is 10.3. The molecule has 8 nitrogen and oxygen atoms in total. The van der Waals surface area contributed by atoms with Crippen LogP contribution in [0.15, 0.2) is 23.4 Å². The van der Waals surface area contributed by atoms with Gasteiger partial charge in [-0.25, -0.2) is 20.0 Å². The minimum Gasteiger partial charge on any atom is -0.331 e. The highest BCUT2D eigenvalue weighted by Gasteiger charge is 2.29. The minimum atomic E-state index is -0.807. The maximum Gasteiger partial charge on any atom is 0.287 e. The van der Waals surface area contributed by atoms with Crippen molar-refractivity contribution in [2.45, 2.75) is 6.54 Å².